The molecule has 8 heteroatoms. The minimum Gasteiger partial charge on any atom is -0.497 e. The molecule has 1 amide bonds. The number of ether oxygens (including phenoxy) is 3. The fraction of sp³-hybridized carbons (Fsp3) is 0.350. The van der Waals surface area contributed by atoms with Crippen molar-refractivity contribution in [3.8, 4) is 17.2 Å². The van der Waals surface area contributed by atoms with Crippen molar-refractivity contribution in [2.75, 3.05) is 7.11 Å². The zero-order valence-corrected chi connectivity index (χ0v) is 16.6. The van der Waals surface area contributed by atoms with Gasteiger partial charge in [-0.15, -0.1) is 0 Å². The number of alkyl carbamates (subject to hydrolysis) is 1. The lowest BCUT2D eigenvalue weighted by Gasteiger charge is -2.19. The number of nitro groups is 1. The molecule has 0 atom stereocenters. The van der Waals surface area contributed by atoms with Crippen LogP contribution in [0.3, 0.4) is 0 Å². The van der Waals surface area contributed by atoms with Gasteiger partial charge >= 0.3 is 6.09 Å². The lowest BCUT2D eigenvalue weighted by Crippen LogP contribution is -2.32. The number of aryl methyl sites for hydroxylation is 1. The van der Waals surface area contributed by atoms with E-state index in [1.54, 1.807) is 33.9 Å². The molecule has 2 aromatic carbocycles. The van der Waals surface area contributed by atoms with E-state index in [1.165, 1.54) is 18.2 Å². The Morgan fingerprint density at radius 3 is 2.39 bits per heavy atom. The van der Waals surface area contributed by atoms with E-state index in [0.717, 1.165) is 5.56 Å². The van der Waals surface area contributed by atoms with Crippen LogP contribution in [0.1, 0.15) is 31.9 Å². The molecule has 0 bridgehead atoms. The molecule has 28 heavy (non-hydrogen) atoms. The molecule has 0 radical (unpaired) electrons. The van der Waals surface area contributed by atoms with Gasteiger partial charge in [0.15, 0.2) is 0 Å². The Morgan fingerprint density at radius 2 is 1.79 bits per heavy atom. The molecule has 0 saturated carbocycles. The first-order chi connectivity index (χ1) is 13.1. The summed E-state index contributed by atoms with van der Waals surface area (Å²) in [4.78, 5) is 22.6. The van der Waals surface area contributed by atoms with E-state index in [2.05, 4.69) is 5.32 Å². The third-order valence-corrected chi connectivity index (χ3v) is 3.57. The molecule has 1 N–H and O–H groups in total. The van der Waals surface area contributed by atoms with E-state index in [9.17, 15) is 14.9 Å². The van der Waals surface area contributed by atoms with Crippen LogP contribution in [0.4, 0.5) is 10.5 Å². The summed E-state index contributed by atoms with van der Waals surface area (Å²) in [6.45, 7) is 7.04. The van der Waals surface area contributed by atoms with Crippen LogP contribution < -0.4 is 14.8 Å². The Hall–Kier alpha value is -3.29. The topological polar surface area (TPSA) is 99.9 Å². The Balaban J connectivity index is 2.22. The van der Waals surface area contributed by atoms with Gasteiger partial charge in [0.25, 0.3) is 5.69 Å². The van der Waals surface area contributed by atoms with E-state index in [1.807, 2.05) is 19.1 Å². The number of amides is 1. The molecule has 8 nitrogen and oxygen atoms in total. The standard InChI is InChI=1S/C20H24N2O6/c1-13-8-16(26-5)11-17(9-13)27-15-6-7-18(22(24)25)14(10-15)12-21-19(23)28-20(2,3)4/h6-11H,12H2,1-5H3,(H,21,23). The number of hydrogen-bond donors (Lipinski definition) is 1. The van der Waals surface area contributed by atoms with Crippen LogP contribution in [0, 0.1) is 17.0 Å². The normalized spacial score (nSPS) is 10.9. The van der Waals surface area contributed by atoms with Gasteiger partial charge in [-0.3, -0.25) is 10.1 Å². The highest BCUT2D eigenvalue weighted by Crippen LogP contribution is 2.30. The van der Waals surface area contributed by atoms with Crippen molar-refractivity contribution < 1.29 is 23.9 Å². The number of carbonyl (C=O) groups is 1. The molecule has 2 aromatic rings. The number of nitrogens with zero attached hydrogens (tertiary/aromatic N) is 1. The van der Waals surface area contributed by atoms with Crippen molar-refractivity contribution >= 4 is 11.8 Å². The van der Waals surface area contributed by atoms with Gasteiger partial charge in [0, 0.05) is 12.1 Å². The molecule has 150 valence electrons. The first-order valence-corrected chi connectivity index (χ1v) is 8.65. The predicted octanol–water partition coefficient (Wildman–Crippen LogP) is 4.73. The molecule has 0 unspecified atom stereocenters. The lowest BCUT2D eigenvalue weighted by atomic mass is 10.1. The highest BCUT2D eigenvalue weighted by molar-refractivity contribution is 5.68. The maximum Gasteiger partial charge on any atom is 0.407 e. The van der Waals surface area contributed by atoms with Gasteiger partial charge < -0.3 is 19.5 Å². The molecule has 2 rings (SSSR count). The summed E-state index contributed by atoms with van der Waals surface area (Å²) in [5.74, 6) is 1.58. The van der Waals surface area contributed by atoms with Crippen molar-refractivity contribution in [3.63, 3.8) is 0 Å². The van der Waals surface area contributed by atoms with Crippen LogP contribution in [0.25, 0.3) is 0 Å². The highest BCUT2D eigenvalue weighted by Gasteiger charge is 2.19. The SMILES string of the molecule is COc1cc(C)cc(Oc2ccc([N+](=O)[O-])c(CNC(=O)OC(C)(C)C)c2)c1. The highest BCUT2D eigenvalue weighted by atomic mass is 16.6. The molecule has 0 aliphatic carbocycles. The Kier molecular flexibility index (Phi) is 6.45. The summed E-state index contributed by atoms with van der Waals surface area (Å²) in [5.41, 5.74) is 0.465. The first kappa shape index (κ1) is 21.0. The second-order valence-corrected chi connectivity index (χ2v) is 7.19. The Morgan fingerprint density at radius 1 is 1.11 bits per heavy atom. The maximum atomic E-state index is 11.8. The van der Waals surface area contributed by atoms with E-state index in [0.29, 0.717) is 22.8 Å². The second-order valence-electron chi connectivity index (χ2n) is 7.19. The fourth-order valence-electron chi connectivity index (χ4n) is 2.45. The summed E-state index contributed by atoms with van der Waals surface area (Å²) in [7, 11) is 1.56. The summed E-state index contributed by atoms with van der Waals surface area (Å²) >= 11 is 0. The quantitative estimate of drug-likeness (QED) is 0.567. The van der Waals surface area contributed by atoms with Gasteiger partial charge in [-0.05, 0) is 57.5 Å². The van der Waals surface area contributed by atoms with E-state index < -0.39 is 16.6 Å². The smallest absolute Gasteiger partial charge is 0.407 e. The van der Waals surface area contributed by atoms with Crippen LogP contribution in [-0.2, 0) is 11.3 Å². The first-order valence-electron chi connectivity index (χ1n) is 8.65. The molecule has 0 fully saturated rings. The number of rotatable bonds is 6. The molecule has 0 heterocycles. The van der Waals surface area contributed by atoms with Crippen LogP contribution >= 0.6 is 0 Å². The van der Waals surface area contributed by atoms with Crippen LogP contribution in [0.5, 0.6) is 17.2 Å². The zero-order chi connectivity index (χ0) is 20.9. The number of carbonyl (C=O) groups excluding carboxylic acids is 1. The summed E-state index contributed by atoms with van der Waals surface area (Å²) in [6.07, 6.45) is -0.656. The number of hydrogen-bond acceptors (Lipinski definition) is 6. The van der Waals surface area contributed by atoms with E-state index in [-0.39, 0.29) is 12.2 Å². The van der Waals surface area contributed by atoms with Crippen molar-refractivity contribution in [1.29, 1.82) is 0 Å². The molecule has 0 aromatic heterocycles. The Bertz CT molecular complexity index is 873. The minimum absolute atomic E-state index is 0.0699. The molecule has 0 aliphatic rings. The fourth-order valence-corrected chi connectivity index (χ4v) is 2.45. The van der Waals surface area contributed by atoms with Gasteiger partial charge in [0.05, 0.1) is 24.1 Å². The van der Waals surface area contributed by atoms with Crippen LogP contribution in [0.2, 0.25) is 0 Å². The summed E-state index contributed by atoms with van der Waals surface area (Å²) in [6, 6.07) is 9.76. The molecule has 0 saturated heterocycles. The summed E-state index contributed by atoms with van der Waals surface area (Å²) in [5, 5.41) is 13.8. The Labute approximate surface area is 163 Å². The van der Waals surface area contributed by atoms with Crippen molar-refractivity contribution in [3.05, 3.63) is 57.6 Å². The number of methoxy groups -OCH3 is 1. The largest absolute Gasteiger partial charge is 0.497 e. The zero-order valence-electron chi connectivity index (χ0n) is 16.6. The van der Waals surface area contributed by atoms with Crippen molar-refractivity contribution in [1.82, 2.24) is 5.32 Å². The van der Waals surface area contributed by atoms with Gasteiger partial charge in [-0.1, -0.05) is 0 Å². The second kappa shape index (κ2) is 8.60. The number of benzene rings is 2. The van der Waals surface area contributed by atoms with Gasteiger partial charge in [-0.25, -0.2) is 4.79 Å². The number of nitrogens with one attached hydrogen (secondary N) is 1. The summed E-state index contributed by atoms with van der Waals surface area (Å²) < 4.78 is 16.2. The van der Waals surface area contributed by atoms with Crippen LogP contribution in [-0.4, -0.2) is 23.7 Å². The van der Waals surface area contributed by atoms with Crippen LogP contribution in [0.15, 0.2) is 36.4 Å². The van der Waals surface area contributed by atoms with Gasteiger partial charge in [0.1, 0.15) is 22.8 Å². The molecular formula is C20H24N2O6. The molecule has 0 aliphatic heterocycles. The predicted molar refractivity (Wildman–Crippen MR) is 104 cm³/mol. The van der Waals surface area contributed by atoms with Gasteiger partial charge in [-0.2, -0.15) is 0 Å². The molecular weight excluding hydrogens is 364 g/mol. The van der Waals surface area contributed by atoms with E-state index in [4.69, 9.17) is 14.2 Å². The minimum atomic E-state index is -0.662. The third kappa shape index (κ3) is 6.15. The molecule has 0 spiro atoms. The van der Waals surface area contributed by atoms with Crippen molar-refractivity contribution in [2.45, 2.75) is 39.8 Å². The lowest BCUT2D eigenvalue weighted by molar-refractivity contribution is -0.385. The van der Waals surface area contributed by atoms with E-state index >= 15 is 0 Å². The van der Waals surface area contributed by atoms with Gasteiger partial charge in [0.2, 0.25) is 0 Å². The third-order valence-electron chi connectivity index (χ3n) is 3.57. The monoisotopic (exact) mass is 388 g/mol. The average molecular weight is 388 g/mol. The number of nitro benzene ring substituents is 1. The maximum absolute atomic E-state index is 11.8. The average Bonchev–Trinajstić information content (AvgIpc) is 2.57. The van der Waals surface area contributed by atoms with Crippen molar-refractivity contribution in [2.24, 2.45) is 0 Å².